The molecule has 2 N–H and O–H groups in total. The number of allylic oxidation sites excluding steroid dienone is 2. The van der Waals surface area contributed by atoms with Crippen LogP contribution in [0.1, 0.15) is 64.7 Å². The van der Waals surface area contributed by atoms with Crippen molar-refractivity contribution in [1.82, 2.24) is 4.90 Å². The van der Waals surface area contributed by atoms with Gasteiger partial charge in [0.05, 0.1) is 20.3 Å². The van der Waals surface area contributed by atoms with Gasteiger partial charge in [-0.3, -0.25) is 0 Å². The Balaban J connectivity index is 3.03. The molecule has 2 rings (SSSR count). The highest BCUT2D eigenvalue weighted by molar-refractivity contribution is 9.11. The third-order valence-electron chi connectivity index (χ3n) is 5.32. The number of halogens is 1. The van der Waals surface area contributed by atoms with Crippen LogP contribution in [0.3, 0.4) is 0 Å². The molecule has 7 heteroatoms. The Morgan fingerprint density at radius 2 is 1.50 bits per heavy atom. The fourth-order valence-electron chi connectivity index (χ4n) is 4.36. The molecule has 1 aliphatic rings. The minimum absolute atomic E-state index is 0.213. The summed E-state index contributed by atoms with van der Waals surface area (Å²) in [5.74, 6) is -2.08. The predicted octanol–water partition coefficient (Wildman–Crippen LogP) is 5.77. The molecular formula is C21H28BrNO4S. The molecule has 0 amide bonds. The third-order valence-corrected chi connectivity index (χ3v) is 7.11. The minimum Gasteiger partial charge on any atom is -0.478 e. The van der Waals surface area contributed by atoms with E-state index in [4.69, 9.17) is 0 Å². The zero-order chi connectivity index (χ0) is 21.1. The van der Waals surface area contributed by atoms with Gasteiger partial charge < -0.3 is 15.1 Å². The molecule has 2 heterocycles. The zero-order valence-corrected chi connectivity index (χ0v) is 19.2. The highest BCUT2D eigenvalue weighted by Gasteiger charge is 2.52. The lowest BCUT2D eigenvalue weighted by Crippen LogP contribution is -2.46. The van der Waals surface area contributed by atoms with Gasteiger partial charge in [0, 0.05) is 22.8 Å². The van der Waals surface area contributed by atoms with Gasteiger partial charge in [-0.25, -0.2) is 9.59 Å². The van der Waals surface area contributed by atoms with Gasteiger partial charge in [-0.15, -0.1) is 11.3 Å². The van der Waals surface area contributed by atoms with Crippen molar-refractivity contribution in [1.29, 1.82) is 0 Å². The molecule has 154 valence electrons. The summed E-state index contributed by atoms with van der Waals surface area (Å²) in [6.45, 7) is 8.42. The Morgan fingerprint density at radius 3 is 1.79 bits per heavy atom. The van der Waals surface area contributed by atoms with Crippen LogP contribution in [-0.2, 0) is 15.0 Å². The molecule has 0 unspecified atom stereocenters. The third kappa shape index (κ3) is 3.66. The van der Waals surface area contributed by atoms with Gasteiger partial charge >= 0.3 is 11.9 Å². The largest absolute Gasteiger partial charge is 0.478 e. The molecule has 5 nitrogen and oxygen atoms in total. The maximum atomic E-state index is 12.6. The molecule has 0 aliphatic carbocycles. The smallest absolute Gasteiger partial charge is 0.334 e. The van der Waals surface area contributed by atoms with Crippen LogP contribution in [0.15, 0.2) is 38.5 Å². The van der Waals surface area contributed by atoms with Crippen molar-refractivity contribution in [3.63, 3.8) is 0 Å². The molecule has 1 aromatic heterocycles. The summed E-state index contributed by atoms with van der Waals surface area (Å²) in [6, 6.07) is 3.72. The van der Waals surface area contributed by atoms with E-state index in [2.05, 4.69) is 15.9 Å². The average molecular weight is 470 g/mol. The maximum absolute atomic E-state index is 12.6. The lowest BCUT2D eigenvalue weighted by molar-refractivity contribution is -0.134. The first-order valence-electron chi connectivity index (χ1n) is 9.77. The lowest BCUT2D eigenvalue weighted by Gasteiger charge is -2.45. The first kappa shape index (κ1) is 22.7. The van der Waals surface area contributed by atoms with E-state index in [0.717, 1.165) is 32.9 Å². The van der Waals surface area contributed by atoms with E-state index in [9.17, 15) is 19.8 Å². The topological polar surface area (TPSA) is 77.8 Å². The molecule has 0 radical (unpaired) electrons. The second kappa shape index (κ2) is 9.27. The van der Waals surface area contributed by atoms with Gasteiger partial charge in [0.2, 0.25) is 0 Å². The van der Waals surface area contributed by atoms with Crippen LogP contribution in [0.25, 0.3) is 0 Å². The predicted molar refractivity (Wildman–Crippen MR) is 116 cm³/mol. The van der Waals surface area contributed by atoms with Crippen LogP contribution in [0.5, 0.6) is 0 Å². The second-order valence-corrected chi connectivity index (χ2v) is 9.32. The van der Waals surface area contributed by atoms with Gasteiger partial charge in [-0.1, -0.05) is 33.6 Å². The Hall–Kier alpha value is -1.60. The van der Waals surface area contributed by atoms with E-state index in [1.54, 1.807) is 0 Å². The fourth-order valence-corrected chi connectivity index (χ4v) is 6.02. The number of carboxylic acids is 2. The average Bonchev–Trinajstić information content (AvgIpc) is 3.07. The zero-order valence-electron chi connectivity index (χ0n) is 16.8. The molecule has 0 saturated carbocycles. The summed E-state index contributed by atoms with van der Waals surface area (Å²) in [7, 11) is 0. The molecule has 0 atom stereocenters. The molecule has 1 aromatic rings. The van der Waals surface area contributed by atoms with E-state index < -0.39 is 17.4 Å². The summed E-state index contributed by atoms with van der Waals surface area (Å²) in [4.78, 5) is 27.9. The summed E-state index contributed by atoms with van der Waals surface area (Å²) < 4.78 is 0.858. The molecule has 1 aliphatic heterocycles. The van der Waals surface area contributed by atoms with Crippen LogP contribution in [0.4, 0.5) is 0 Å². The summed E-state index contributed by atoms with van der Waals surface area (Å²) in [6.07, 6.45) is 3.16. The van der Waals surface area contributed by atoms with Crippen LogP contribution >= 0.6 is 27.3 Å². The quantitative estimate of drug-likeness (QED) is 0.479. The monoisotopic (exact) mass is 469 g/mol. The van der Waals surface area contributed by atoms with Crippen molar-refractivity contribution in [2.24, 2.45) is 0 Å². The van der Waals surface area contributed by atoms with Crippen LogP contribution in [0.2, 0.25) is 0 Å². The molecular weight excluding hydrogens is 442 g/mol. The van der Waals surface area contributed by atoms with Gasteiger partial charge in [0.25, 0.3) is 0 Å². The summed E-state index contributed by atoms with van der Waals surface area (Å²) in [5, 5.41) is 20.6. The number of rotatable bonds is 9. The van der Waals surface area contributed by atoms with Crippen LogP contribution < -0.4 is 0 Å². The van der Waals surface area contributed by atoms with Crippen molar-refractivity contribution in [2.45, 2.75) is 65.2 Å². The normalized spacial score (nSPS) is 16.7. The summed E-state index contributed by atoms with van der Waals surface area (Å²) >= 11 is 4.88. The highest BCUT2D eigenvalue weighted by Crippen LogP contribution is 2.53. The van der Waals surface area contributed by atoms with E-state index >= 15 is 0 Å². The van der Waals surface area contributed by atoms with Crippen molar-refractivity contribution < 1.29 is 19.8 Å². The highest BCUT2D eigenvalue weighted by atomic mass is 79.9. The Kier molecular flexibility index (Phi) is 7.51. The molecule has 0 fully saturated rings. The number of hydrogen-bond acceptors (Lipinski definition) is 4. The van der Waals surface area contributed by atoms with E-state index in [1.807, 2.05) is 44.7 Å². The van der Waals surface area contributed by atoms with E-state index in [1.165, 1.54) is 11.3 Å². The number of aliphatic carboxylic acids is 2. The maximum Gasteiger partial charge on any atom is 0.334 e. The summed E-state index contributed by atoms with van der Waals surface area (Å²) in [5.41, 5.74) is 0.764. The fraction of sp³-hybridized carbons (Fsp3) is 0.524. The van der Waals surface area contributed by atoms with Gasteiger partial charge in [0.1, 0.15) is 0 Å². The Labute approximate surface area is 178 Å². The molecule has 0 saturated heterocycles. The molecule has 28 heavy (non-hydrogen) atoms. The number of nitrogens with zero attached hydrogens (tertiary/aromatic N) is 1. The first-order valence-corrected chi connectivity index (χ1v) is 11.4. The number of hydrogen-bond donors (Lipinski definition) is 2. The Bertz CT molecular complexity index is 782. The SMILES string of the molecule is CCCC1=C(C(=O)O)C(CC)(c2ccc(Br)s2)C(C(=O)O)=C(CCC)N1CC. The van der Waals surface area contributed by atoms with Crippen molar-refractivity contribution in [3.8, 4) is 0 Å². The first-order chi connectivity index (χ1) is 13.3. The van der Waals surface area contributed by atoms with Gasteiger partial charge in [0.15, 0.2) is 0 Å². The van der Waals surface area contributed by atoms with E-state index in [-0.39, 0.29) is 11.1 Å². The second-order valence-electron chi connectivity index (χ2n) is 6.86. The van der Waals surface area contributed by atoms with Crippen molar-refractivity contribution in [3.05, 3.63) is 43.3 Å². The number of carbonyl (C=O) groups is 2. The van der Waals surface area contributed by atoms with Crippen LogP contribution in [0, 0.1) is 0 Å². The van der Waals surface area contributed by atoms with Gasteiger partial charge in [-0.05, 0) is 54.2 Å². The van der Waals surface area contributed by atoms with E-state index in [0.29, 0.717) is 25.8 Å². The molecule has 0 bridgehead atoms. The number of carboxylic acid groups (broad SMARTS) is 2. The molecule has 0 spiro atoms. The lowest BCUT2D eigenvalue weighted by atomic mass is 9.66. The van der Waals surface area contributed by atoms with Crippen LogP contribution in [-0.4, -0.2) is 33.6 Å². The molecule has 0 aromatic carbocycles. The minimum atomic E-state index is -1.16. The standard InChI is InChI=1S/C21H28BrNO4S/c1-5-9-13-17(19(24)25)21(7-3,15-11-12-16(22)28-15)18(20(26)27)14(10-6-2)23(13)8-4/h11-12H,5-10H2,1-4H3,(H,24,25)(H,26,27). The van der Waals surface area contributed by atoms with Crippen molar-refractivity contribution >= 4 is 39.2 Å². The number of thiophene rings is 1. The van der Waals surface area contributed by atoms with Crippen molar-refractivity contribution in [2.75, 3.05) is 6.54 Å². The van der Waals surface area contributed by atoms with Gasteiger partial charge in [-0.2, -0.15) is 0 Å². The Morgan fingerprint density at radius 1 is 1.00 bits per heavy atom.